The fourth-order valence-corrected chi connectivity index (χ4v) is 1.20. The summed E-state index contributed by atoms with van der Waals surface area (Å²) in [4.78, 5) is 0. The van der Waals surface area contributed by atoms with Crippen LogP contribution in [-0.4, -0.2) is 17.3 Å². The summed E-state index contributed by atoms with van der Waals surface area (Å²) in [5.41, 5.74) is 5.32. The molecule has 0 aliphatic rings. The molecule has 0 fully saturated rings. The maximum atomic E-state index is 13.4. The van der Waals surface area contributed by atoms with Crippen molar-refractivity contribution in [3.63, 3.8) is 0 Å². The summed E-state index contributed by atoms with van der Waals surface area (Å²) in [7, 11) is 0. The van der Waals surface area contributed by atoms with Crippen molar-refractivity contribution in [1.29, 1.82) is 0 Å². The maximum Gasteiger partial charge on any atom is 0.165 e. The van der Waals surface area contributed by atoms with Crippen molar-refractivity contribution in [1.82, 2.24) is 0 Å². The van der Waals surface area contributed by atoms with E-state index in [-0.39, 0.29) is 12.4 Å². The zero-order valence-corrected chi connectivity index (χ0v) is 9.66. The SMILES string of the molecule is CC(C)(O)CCOc1ccc(CN)cc1F. The van der Waals surface area contributed by atoms with E-state index >= 15 is 0 Å². The predicted octanol–water partition coefficient (Wildman–Crippen LogP) is 1.82. The highest BCUT2D eigenvalue weighted by Gasteiger charge is 2.13. The molecule has 0 saturated carbocycles. The van der Waals surface area contributed by atoms with Gasteiger partial charge in [-0.3, -0.25) is 0 Å². The highest BCUT2D eigenvalue weighted by atomic mass is 19.1. The van der Waals surface area contributed by atoms with E-state index in [1.807, 2.05) is 0 Å². The standard InChI is InChI=1S/C12H18FNO2/c1-12(2,15)5-6-16-11-4-3-9(8-14)7-10(11)13/h3-4,7,15H,5-6,8,14H2,1-2H3. The van der Waals surface area contributed by atoms with Gasteiger partial charge in [0.2, 0.25) is 0 Å². The van der Waals surface area contributed by atoms with Crippen LogP contribution in [0.2, 0.25) is 0 Å². The van der Waals surface area contributed by atoms with Gasteiger partial charge in [-0.25, -0.2) is 4.39 Å². The Labute approximate surface area is 95.0 Å². The summed E-state index contributed by atoms with van der Waals surface area (Å²) in [6.45, 7) is 3.96. The van der Waals surface area contributed by atoms with E-state index in [1.165, 1.54) is 6.07 Å². The Hall–Kier alpha value is -1.13. The maximum absolute atomic E-state index is 13.4. The van der Waals surface area contributed by atoms with Gasteiger partial charge < -0.3 is 15.6 Å². The fraction of sp³-hybridized carbons (Fsp3) is 0.500. The monoisotopic (exact) mass is 227 g/mol. The predicted molar refractivity (Wildman–Crippen MR) is 60.7 cm³/mol. The lowest BCUT2D eigenvalue weighted by Crippen LogP contribution is -2.22. The lowest BCUT2D eigenvalue weighted by molar-refractivity contribution is 0.0547. The third-order valence-electron chi connectivity index (χ3n) is 2.20. The molecule has 3 nitrogen and oxygen atoms in total. The summed E-state index contributed by atoms with van der Waals surface area (Å²) in [5, 5.41) is 9.46. The normalized spacial score (nSPS) is 11.6. The summed E-state index contributed by atoms with van der Waals surface area (Å²) in [6.07, 6.45) is 0.449. The molecule has 0 aromatic heterocycles. The van der Waals surface area contributed by atoms with Gasteiger partial charge in [-0.2, -0.15) is 0 Å². The van der Waals surface area contributed by atoms with Gasteiger partial charge in [-0.1, -0.05) is 6.07 Å². The van der Waals surface area contributed by atoms with Crippen LogP contribution in [0.1, 0.15) is 25.8 Å². The molecule has 16 heavy (non-hydrogen) atoms. The molecule has 0 atom stereocenters. The second kappa shape index (κ2) is 5.27. The molecule has 1 aromatic rings. The quantitative estimate of drug-likeness (QED) is 0.806. The van der Waals surface area contributed by atoms with Gasteiger partial charge in [0.15, 0.2) is 11.6 Å². The minimum absolute atomic E-state index is 0.196. The second-order valence-electron chi connectivity index (χ2n) is 4.38. The van der Waals surface area contributed by atoms with E-state index in [9.17, 15) is 9.50 Å². The number of rotatable bonds is 5. The molecule has 0 radical (unpaired) electrons. The summed E-state index contributed by atoms with van der Waals surface area (Å²) < 4.78 is 18.7. The molecule has 0 bridgehead atoms. The van der Waals surface area contributed by atoms with Crippen molar-refractivity contribution in [2.75, 3.05) is 6.61 Å². The molecule has 4 heteroatoms. The van der Waals surface area contributed by atoms with Crippen LogP contribution in [0.15, 0.2) is 18.2 Å². The van der Waals surface area contributed by atoms with Gasteiger partial charge in [-0.05, 0) is 31.5 Å². The van der Waals surface area contributed by atoms with Crippen LogP contribution in [0.4, 0.5) is 4.39 Å². The average molecular weight is 227 g/mol. The van der Waals surface area contributed by atoms with Crippen LogP contribution >= 0.6 is 0 Å². The number of benzene rings is 1. The molecular weight excluding hydrogens is 209 g/mol. The van der Waals surface area contributed by atoms with Gasteiger partial charge in [0.1, 0.15) is 0 Å². The summed E-state index contributed by atoms with van der Waals surface area (Å²) >= 11 is 0. The zero-order chi connectivity index (χ0) is 12.2. The smallest absolute Gasteiger partial charge is 0.165 e. The first-order valence-corrected chi connectivity index (χ1v) is 5.26. The molecule has 0 aliphatic heterocycles. The molecule has 0 amide bonds. The number of nitrogens with two attached hydrogens (primary N) is 1. The van der Waals surface area contributed by atoms with E-state index in [2.05, 4.69) is 0 Å². The Morgan fingerprint density at radius 2 is 2.12 bits per heavy atom. The Morgan fingerprint density at radius 3 is 2.62 bits per heavy atom. The largest absolute Gasteiger partial charge is 0.490 e. The van der Waals surface area contributed by atoms with Crippen LogP contribution in [0, 0.1) is 5.82 Å². The molecular formula is C12H18FNO2. The van der Waals surface area contributed by atoms with E-state index in [4.69, 9.17) is 10.5 Å². The Balaban J connectivity index is 2.55. The van der Waals surface area contributed by atoms with Crippen molar-refractivity contribution in [3.05, 3.63) is 29.6 Å². The number of hydrogen-bond donors (Lipinski definition) is 2. The van der Waals surface area contributed by atoms with Crippen LogP contribution in [0.5, 0.6) is 5.75 Å². The number of aliphatic hydroxyl groups is 1. The lowest BCUT2D eigenvalue weighted by atomic mass is 10.1. The topological polar surface area (TPSA) is 55.5 Å². The van der Waals surface area contributed by atoms with Gasteiger partial charge in [0.05, 0.1) is 12.2 Å². The van der Waals surface area contributed by atoms with Crippen LogP contribution in [0.25, 0.3) is 0 Å². The molecule has 0 heterocycles. The van der Waals surface area contributed by atoms with Gasteiger partial charge >= 0.3 is 0 Å². The first-order valence-electron chi connectivity index (χ1n) is 5.26. The fourth-order valence-electron chi connectivity index (χ4n) is 1.20. The molecule has 0 unspecified atom stereocenters. The molecule has 1 rings (SSSR count). The van der Waals surface area contributed by atoms with Crippen LogP contribution < -0.4 is 10.5 Å². The number of ether oxygens (including phenoxy) is 1. The molecule has 90 valence electrons. The van der Waals surface area contributed by atoms with E-state index in [1.54, 1.807) is 26.0 Å². The lowest BCUT2D eigenvalue weighted by Gasteiger charge is -2.17. The zero-order valence-electron chi connectivity index (χ0n) is 9.66. The second-order valence-corrected chi connectivity index (χ2v) is 4.38. The Bertz CT molecular complexity index is 347. The van der Waals surface area contributed by atoms with Crippen molar-refractivity contribution >= 4 is 0 Å². The molecule has 0 aliphatic carbocycles. The van der Waals surface area contributed by atoms with E-state index in [0.717, 1.165) is 5.56 Å². The molecule has 0 saturated heterocycles. The number of hydrogen-bond acceptors (Lipinski definition) is 3. The van der Waals surface area contributed by atoms with E-state index < -0.39 is 11.4 Å². The highest BCUT2D eigenvalue weighted by molar-refractivity contribution is 5.29. The molecule has 0 spiro atoms. The third-order valence-corrected chi connectivity index (χ3v) is 2.20. The minimum atomic E-state index is -0.798. The summed E-state index contributed by atoms with van der Waals surface area (Å²) in [5.74, 6) is -0.222. The van der Waals surface area contributed by atoms with E-state index in [0.29, 0.717) is 13.0 Å². The third kappa shape index (κ3) is 4.16. The first kappa shape index (κ1) is 12.9. The van der Waals surface area contributed by atoms with Crippen molar-refractivity contribution < 1.29 is 14.2 Å². The highest BCUT2D eigenvalue weighted by Crippen LogP contribution is 2.19. The van der Waals surface area contributed by atoms with Crippen LogP contribution in [-0.2, 0) is 6.54 Å². The average Bonchev–Trinajstić information content (AvgIpc) is 2.18. The van der Waals surface area contributed by atoms with Gasteiger partial charge in [0, 0.05) is 13.0 Å². The van der Waals surface area contributed by atoms with Crippen molar-refractivity contribution in [3.8, 4) is 5.75 Å². The van der Waals surface area contributed by atoms with Crippen LogP contribution in [0.3, 0.4) is 0 Å². The minimum Gasteiger partial charge on any atom is -0.490 e. The Kier molecular flexibility index (Phi) is 4.26. The number of halogens is 1. The van der Waals surface area contributed by atoms with Gasteiger partial charge in [-0.15, -0.1) is 0 Å². The van der Waals surface area contributed by atoms with Crippen molar-refractivity contribution in [2.45, 2.75) is 32.4 Å². The first-order chi connectivity index (χ1) is 7.42. The summed E-state index contributed by atoms with van der Waals surface area (Å²) in [6, 6.07) is 4.64. The van der Waals surface area contributed by atoms with Gasteiger partial charge in [0.25, 0.3) is 0 Å². The van der Waals surface area contributed by atoms with Crippen molar-refractivity contribution in [2.24, 2.45) is 5.73 Å². The Morgan fingerprint density at radius 1 is 1.44 bits per heavy atom. The molecule has 3 N–H and O–H groups in total. The molecule has 1 aromatic carbocycles.